The fourth-order valence-corrected chi connectivity index (χ4v) is 8.69. The van der Waals surface area contributed by atoms with Gasteiger partial charge in [-0.2, -0.15) is 0 Å². The maximum absolute atomic E-state index is 13.8. The molecule has 0 amide bonds. The topological polar surface area (TPSA) is 352 Å². The number of aliphatic hydroxyl groups excluding tert-OH is 9. The van der Waals surface area contributed by atoms with Crippen molar-refractivity contribution in [2.75, 3.05) is 0 Å². The number of cyclic esters (lactones) is 1. The highest BCUT2D eigenvalue weighted by Crippen LogP contribution is 2.39. The monoisotopic (exact) mass is 1040 g/mol. The summed E-state index contributed by atoms with van der Waals surface area (Å²) in [5.74, 6) is -7.59. The van der Waals surface area contributed by atoms with Crippen molar-refractivity contribution < 1.29 is 93.2 Å². The van der Waals surface area contributed by atoms with Crippen LogP contribution in [0.5, 0.6) is 0 Å². The Morgan fingerprint density at radius 2 is 1.29 bits per heavy atom. The normalized spacial score (nSPS) is 41.8. The molecule has 9 unspecified atom stereocenters. The Hall–Kier alpha value is -4.43. The van der Waals surface area contributed by atoms with Crippen molar-refractivity contribution in [3.63, 3.8) is 0 Å². The number of carbonyl (C=O) groups excluding carboxylic acids is 2. The van der Waals surface area contributed by atoms with Crippen LogP contribution < -0.4 is 11.6 Å². The first-order valence-corrected chi connectivity index (χ1v) is 24.7. The first-order chi connectivity index (χ1) is 34.5. The molecule has 4 rings (SSSR count). The number of rotatable bonds is 5. The Labute approximate surface area is 424 Å². The van der Waals surface area contributed by atoms with Crippen LogP contribution in [0, 0.1) is 24.7 Å². The minimum atomic E-state index is -2.38. The molecule has 0 spiro atoms. The number of carbonyl (C=O) groups is 2. The van der Waals surface area contributed by atoms with Gasteiger partial charge in [-0.25, -0.2) is 4.79 Å². The summed E-state index contributed by atoms with van der Waals surface area (Å²) in [6.07, 6.45) is 2.79. The molecule has 2 bridgehead atoms. The fraction of sp³-hybridized carbons (Fsp3) is 0.635. The Morgan fingerprint density at radius 1 is 0.685 bits per heavy atom. The SMILES string of the molecule is Cc1oc(=O)oc1COC(=O)[C@@H]1C(O)C[C@@]2(O)C[C@@H](O)C[C@@H](O)[C@H](O)CC[C@@H](O)C[C@@H](O)CC(=O)OC(C)C(C)[C@H](O)C(C)/C=C/C=C/C=C/C=C/C=C/C=C/C=C/[C@H](OC3OC(C)C(O)C(N)C3O)C[C@@H]1O2. The van der Waals surface area contributed by atoms with Gasteiger partial charge >= 0.3 is 17.8 Å². The average Bonchev–Trinajstić information content (AvgIpc) is 3.64. The standard InChI is InChI=1S/C52H77NO20/c1-29-18-16-14-12-10-8-6-7-9-11-13-15-17-19-37(71-50-48(63)45(53)47(62)33(5)69-50)25-41-44(49(64)67-28-42-32(4)70-51(65)72-42)40(59)27-52(66,73-41)26-36(56)23-39(58)38(57)21-20-34(54)22-35(55)24-43(60)68-31(3)30(2)46(29)61/h6-19,29-31,33-41,44-48,50,54-59,61-63,66H,20-28,53H2,1-5H3/b7-6+,10-8+,11-9+,14-12+,15-13+,18-16+,19-17+/t29?,30?,31?,33?,34-,35-,36+,37+,38-,39-,40?,41+,44-,45?,46-,47?,48?,50?,52-/m1/s1. The maximum Gasteiger partial charge on any atom is 0.519 e. The molecule has 19 atom stereocenters. The Balaban J connectivity index is 1.62. The predicted octanol–water partition coefficient (Wildman–Crippen LogP) is 1.23. The van der Waals surface area contributed by atoms with Gasteiger partial charge in [0.25, 0.3) is 0 Å². The van der Waals surface area contributed by atoms with Crippen LogP contribution in [0.4, 0.5) is 0 Å². The number of hydrogen-bond donors (Lipinski definition) is 11. The van der Waals surface area contributed by atoms with Gasteiger partial charge in [-0.3, -0.25) is 9.59 Å². The third-order valence-corrected chi connectivity index (χ3v) is 13.2. The molecule has 0 saturated carbocycles. The zero-order valence-electron chi connectivity index (χ0n) is 42.0. The molecule has 0 aromatic carbocycles. The minimum Gasteiger partial charge on any atom is -0.462 e. The van der Waals surface area contributed by atoms with Gasteiger partial charge in [0.15, 0.2) is 30.2 Å². The summed E-state index contributed by atoms with van der Waals surface area (Å²) in [5.41, 5.74) is 6.09. The smallest absolute Gasteiger partial charge is 0.462 e. The van der Waals surface area contributed by atoms with Crippen molar-refractivity contribution in [1.82, 2.24) is 0 Å². The molecule has 0 aliphatic carbocycles. The highest BCUT2D eigenvalue weighted by molar-refractivity contribution is 5.74. The van der Waals surface area contributed by atoms with Gasteiger partial charge < -0.3 is 89.3 Å². The number of nitrogens with two attached hydrogens (primary N) is 1. The van der Waals surface area contributed by atoms with E-state index in [2.05, 4.69) is 0 Å². The molecule has 1 aromatic rings. The average molecular weight is 1040 g/mol. The van der Waals surface area contributed by atoms with Crippen LogP contribution in [-0.4, -0.2) is 160 Å². The van der Waals surface area contributed by atoms with E-state index in [1.165, 1.54) is 19.9 Å². The quantitative estimate of drug-likeness (QED) is 0.185. The molecule has 2 saturated heterocycles. The lowest BCUT2D eigenvalue weighted by Gasteiger charge is -2.45. The van der Waals surface area contributed by atoms with Crippen molar-refractivity contribution in [2.24, 2.45) is 23.5 Å². The van der Waals surface area contributed by atoms with Crippen LogP contribution in [0.3, 0.4) is 0 Å². The zero-order chi connectivity index (χ0) is 54.0. The summed E-state index contributed by atoms with van der Waals surface area (Å²) in [7, 11) is 0. The summed E-state index contributed by atoms with van der Waals surface area (Å²) in [6, 6.07) is -1.18. The molecule has 0 radical (unpaired) electrons. The van der Waals surface area contributed by atoms with Crippen LogP contribution in [0.2, 0.25) is 0 Å². The number of fused-ring (bicyclic) bond motifs is 2. The Kier molecular flexibility index (Phi) is 24.8. The number of aliphatic hydroxyl groups is 10. The number of aryl methyl sites for hydroxylation is 1. The van der Waals surface area contributed by atoms with E-state index in [9.17, 15) is 65.4 Å². The van der Waals surface area contributed by atoms with E-state index in [0.29, 0.717) is 0 Å². The van der Waals surface area contributed by atoms with E-state index in [1.807, 2.05) is 13.0 Å². The number of hydrogen-bond acceptors (Lipinski definition) is 21. The van der Waals surface area contributed by atoms with Crippen molar-refractivity contribution in [2.45, 2.75) is 190 Å². The number of allylic oxidation sites excluding steroid dienone is 12. The second-order valence-electron chi connectivity index (χ2n) is 19.3. The summed E-state index contributed by atoms with van der Waals surface area (Å²) < 4.78 is 38.8. The minimum absolute atomic E-state index is 0.0391. The van der Waals surface area contributed by atoms with Crippen LogP contribution in [0.1, 0.15) is 90.6 Å². The summed E-state index contributed by atoms with van der Waals surface area (Å²) >= 11 is 0. The molecule has 12 N–H and O–H groups in total. The predicted molar refractivity (Wildman–Crippen MR) is 261 cm³/mol. The van der Waals surface area contributed by atoms with E-state index in [0.717, 1.165) is 0 Å². The largest absolute Gasteiger partial charge is 0.519 e. The van der Waals surface area contributed by atoms with Crippen molar-refractivity contribution >= 4 is 11.9 Å². The molecule has 1 aromatic heterocycles. The zero-order valence-corrected chi connectivity index (χ0v) is 42.0. The first-order valence-electron chi connectivity index (χ1n) is 24.7. The second kappa shape index (κ2) is 29.6. The molecule has 3 aliphatic rings. The van der Waals surface area contributed by atoms with E-state index >= 15 is 0 Å². The molecular formula is C52H77NO20. The van der Waals surface area contributed by atoms with E-state index in [1.54, 1.807) is 86.8 Å². The van der Waals surface area contributed by atoms with Gasteiger partial charge in [0.1, 0.15) is 18.1 Å². The van der Waals surface area contributed by atoms with Crippen molar-refractivity contribution in [1.29, 1.82) is 0 Å². The highest BCUT2D eigenvalue weighted by atomic mass is 16.7. The summed E-state index contributed by atoms with van der Waals surface area (Å²) in [6.45, 7) is 7.56. The first kappa shape index (κ1) is 61.1. The highest BCUT2D eigenvalue weighted by Gasteiger charge is 2.51. The van der Waals surface area contributed by atoms with Gasteiger partial charge in [0, 0.05) is 37.5 Å². The van der Waals surface area contributed by atoms with E-state index < -0.39 is 159 Å². The third-order valence-electron chi connectivity index (χ3n) is 13.2. The molecule has 4 heterocycles. The molecule has 410 valence electrons. The Bertz CT molecular complexity index is 2130. The van der Waals surface area contributed by atoms with E-state index in [-0.39, 0.29) is 43.1 Å². The lowest BCUT2D eigenvalue weighted by Crippen LogP contribution is -2.61. The molecular weight excluding hydrogens is 959 g/mol. The van der Waals surface area contributed by atoms with Crippen LogP contribution in [0.15, 0.2) is 98.7 Å². The maximum atomic E-state index is 13.8. The lowest BCUT2D eigenvalue weighted by atomic mass is 9.82. The van der Waals surface area contributed by atoms with Gasteiger partial charge in [-0.1, -0.05) is 98.9 Å². The summed E-state index contributed by atoms with van der Waals surface area (Å²) in [4.78, 5) is 38.2. The Morgan fingerprint density at radius 3 is 1.89 bits per heavy atom. The second-order valence-corrected chi connectivity index (χ2v) is 19.3. The van der Waals surface area contributed by atoms with Gasteiger partial charge in [-0.05, 0) is 40.0 Å². The number of ether oxygens (including phenoxy) is 5. The lowest BCUT2D eigenvalue weighted by molar-refractivity contribution is -0.309. The van der Waals surface area contributed by atoms with Gasteiger partial charge in [0.2, 0.25) is 0 Å². The van der Waals surface area contributed by atoms with Crippen molar-refractivity contribution in [3.8, 4) is 0 Å². The third kappa shape index (κ3) is 19.7. The van der Waals surface area contributed by atoms with E-state index in [4.69, 9.17) is 38.3 Å². The molecule has 21 heteroatoms. The van der Waals surface area contributed by atoms with Crippen LogP contribution in [0.25, 0.3) is 0 Å². The van der Waals surface area contributed by atoms with Crippen LogP contribution >= 0.6 is 0 Å². The van der Waals surface area contributed by atoms with Crippen molar-refractivity contribution in [3.05, 3.63) is 107 Å². The molecule has 2 fully saturated rings. The molecule has 21 nitrogen and oxygen atoms in total. The van der Waals surface area contributed by atoms with Crippen LogP contribution in [-0.2, 0) is 39.9 Å². The number of esters is 2. The molecule has 3 aliphatic heterocycles. The molecule has 73 heavy (non-hydrogen) atoms. The fourth-order valence-electron chi connectivity index (χ4n) is 8.69. The summed E-state index contributed by atoms with van der Waals surface area (Å²) in [5, 5.41) is 110. The van der Waals surface area contributed by atoms with Gasteiger partial charge in [0.05, 0.1) is 79.6 Å². The van der Waals surface area contributed by atoms with Gasteiger partial charge in [-0.15, -0.1) is 0 Å².